The lowest BCUT2D eigenvalue weighted by Gasteiger charge is -2.32. The number of carbonyl (C=O) groups is 1. The van der Waals surface area contributed by atoms with Crippen molar-refractivity contribution in [3.05, 3.63) is 48.0 Å². The van der Waals surface area contributed by atoms with Gasteiger partial charge in [-0.05, 0) is 50.1 Å². The number of rotatable bonds is 2. The number of carbonyl (C=O) groups excluding carboxylic acids is 1. The lowest BCUT2D eigenvalue weighted by Crippen LogP contribution is -2.41. The number of sulfonamides is 1. The van der Waals surface area contributed by atoms with Crippen molar-refractivity contribution in [3.8, 4) is 11.5 Å². The van der Waals surface area contributed by atoms with E-state index in [1.54, 1.807) is 24.3 Å². The zero-order valence-electron chi connectivity index (χ0n) is 14.4. The molecule has 1 saturated heterocycles. The van der Waals surface area contributed by atoms with E-state index in [1.165, 1.54) is 16.4 Å². The summed E-state index contributed by atoms with van der Waals surface area (Å²) >= 11 is 0. The SMILES string of the molecule is C[C@H]1CCCCN1S(=O)(=O)c1ccc2c(c1)C(=O)Nc1ccccc1O2. The van der Waals surface area contributed by atoms with Crippen LogP contribution in [0.5, 0.6) is 11.5 Å². The van der Waals surface area contributed by atoms with Crippen LogP contribution in [0.15, 0.2) is 47.4 Å². The quantitative estimate of drug-likeness (QED) is 0.874. The summed E-state index contributed by atoms with van der Waals surface area (Å²) in [7, 11) is -3.65. The van der Waals surface area contributed by atoms with Gasteiger partial charge in [-0.2, -0.15) is 4.31 Å². The first-order valence-electron chi connectivity index (χ1n) is 8.71. The Kier molecular flexibility index (Phi) is 4.20. The van der Waals surface area contributed by atoms with Crippen LogP contribution in [0.3, 0.4) is 0 Å². The van der Waals surface area contributed by atoms with Crippen LogP contribution < -0.4 is 10.1 Å². The van der Waals surface area contributed by atoms with Gasteiger partial charge in [0.2, 0.25) is 10.0 Å². The Labute approximate surface area is 152 Å². The molecule has 2 aliphatic heterocycles. The van der Waals surface area contributed by atoms with Crippen LogP contribution in [0.1, 0.15) is 36.5 Å². The monoisotopic (exact) mass is 372 g/mol. The van der Waals surface area contributed by atoms with Gasteiger partial charge < -0.3 is 10.1 Å². The summed E-state index contributed by atoms with van der Waals surface area (Å²) in [5, 5.41) is 2.77. The van der Waals surface area contributed by atoms with Crippen LogP contribution in [-0.4, -0.2) is 31.2 Å². The molecule has 4 rings (SSSR count). The summed E-state index contributed by atoms with van der Waals surface area (Å²) in [6.07, 6.45) is 2.74. The number of fused-ring (bicyclic) bond motifs is 2. The standard InChI is InChI=1S/C19H20N2O4S/c1-13-6-4-5-11-21(13)26(23,24)14-9-10-17-15(12-14)19(22)20-16-7-2-3-8-18(16)25-17/h2-3,7-10,12-13H,4-6,11H2,1H3,(H,20,22)/t13-/m0/s1. The van der Waals surface area contributed by atoms with Crippen LogP contribution >= 0.6 is 0 Å². The number of amides is 1. The fraction of sp³-hybridized carbons (Fsp3) is 0.316. The number of hydrogen-bond donors (Lipinski definition) is 1. The highest BCUT2D eigenvalue weighted by molar-refractivity contribution is 7.89. The van der Waals surface area contributed by atoms with E-state index in [4.69, 9.17) is 4.74 Å². The smallest absolute Gasteiger partial charge is 0.259 e. The van der Waals surface area contributed by atoms with E-state index in [-0.39, 0.29) is 22.4 Å². The molecule has 0 saturated carbocycles. The van der Waals surface area contributed by atoms with Crippen molar-refractivity contribution in [1.29, 1.82) is 0 Å². The molecule has 1 atom stereocenters. The van der Waals surface area contributed by atoms with Crippen LogP contribution in [0.2, 0.25) is 0 Å². The van der Waals surface area contributed by atoms with Crippen LogP contribution in [0.25, 0.3) is 0 Å². The molecule has 1 N–H and O–H groups in total. The Balaban J connectivity index is 1.74. The molecule has 6 nitrogen and oxygen atoms in total. The van der Waals surface area contributed by atoms with E-state index >= 15 is 0 Å². The van der Waals surface area contributed by atoms with Crippen LogP contribution in [-0.2, 0) is 10.0 Å². The fourth-order valence-electron chi connectivity index (χ4n) is 3.47. The highest BCUT2D eigenvalue weighted by atomic mass is 32.2. The Hall–Kier alpha value is -2.38. The van der Waals surface area contributed by atoms with Crippen molar-refractivity contribution in [1.82, 2.24) is 4.31 Å². The predicted molar refractivity (Wildman–Crippen MR) is 98.1 cm³/mol. The zero-order valence-corrected chi connectivity index (χ0v) is 15.3. The molecular formula is C19H20N2O4S. The molecule has 0 bridgehead atoms. The molecule has 0 spiro atoms. The second-order valence-electron chi connectivity index (χ2n) is 6.67. The third-order valence-electron chi connectivity index (χ3n) is 4.90. The number of anilines is 1. The summed E-state index contributed by atoms with van der Waals surface area (Å²) in [4.78, 5) is 12.7. The normalized spacial score (nSPS) is 20.3. The molecule has 1 fully saturated rings. The number of benzene rings is 2. The molecule has 0 aromatic heterocycles. The van der Waals surface area contributed by atoms with Crippen molar-refractivity contribution >= 4 is 21.6 Å². The number of para-hydroxylation sites is 2. The molecule has 0 unspecified atom stereocenters. The highest BCUT2D eigenvalue weighted by Gasteiger charge is 2.32. The van der Waals surface area contributed by atoms with E-state index in [1.807, 2.05) is 13.0 Å². The number of nitrogens with one attached hydrogen (secondary N) is 1. The Morgan fingerprint density at radius 2 is 1.92 bits per heavy atom. The van der Waals surface area contributed by atoms with Gasteiger partial charge in [-0.3, -0.25) is 4.79 Å². The van der Waals surface area contributed by atoms with E-state index in [0.29, 0.717) is 23.7 Å². The summed E-state index contributed by atoms with van der Waals surface area (Å²) < 4.78 is 33.4. The Bertz CT molecular complexity index is 971. The molecule has 2 aliphatic rings. The van der Waals surface area contributed by atoms with E-state index in [9.17, 15) is 13.2 Å². The summed E-state index contributed by atoms with van der Waals surface area (Å²) in [5.74, 6) is 0.492. The fourth-order valence-corrected chi connectivity index (χ4v) is 5.19. The van der Waals surface area contributed by atoms with Crippen molar-refractivity contribution in [2.45, 2.75) is 37.1 Å². The van der Waals surface area contributed by atoms with Gasteiger partial charge in [-0.15, -0.1) is 0 Å². The van der Waals surface area contributed by atoms with E-state index in [0.717, 1.165) is 19.3 Å². The number of hydrogen-bond acceptors (Lipinski definition) is 4. The van der Waals surface area contributed by atoms with Crippen LogP contribution in [0.4, 0.5) is 5.69 Å². The second kappa shape index (κ2) is 6.41. The first-order valence-corrected chi connectivity index (χ1v) is 10.1. The predicted octanol–water partition coefficient (Wildman–Crippen LogP) is 3.61. The first kappa shape index (κ1) is 17.1. The molecule has 2 heterocycles. The molecular weight excluding hydrogens is 352 g/mol. The maximum atomic E-state index is 13.0. The molecule has 1 amide bonds. The van der Waals surface area contributed by atoms with Gasteiger partial charge in [0.1, 0.15) is 5.75 Å². The van der Waals surface area contributed by atoms with Gasteiger partial charge in [0.25, 0.3) is 5.91 Å². The van der Waals surface area contributed by atoms with Gasteiger partial charge in [-0.25, -0.2) is 8.42 Å². The summed E-state index contributed by atoms with van der Waals surface area (Å²) in [6.45, 7) is 2.43. The molecule has 2 aromatic rings. The second-order valence-corrected chi connectivity index (χ2v) is 8.56. The van der Waals surface area contributed by atoms with Crippen molar-refractivity contribution in [3.63, 3.8) is 0 Å². The van der Waals surface area contributed by atoms with Gasteiger partial charge in [0, 0.05) is 12.6 Å². The first-order chi connectivity index (χ1) is 12.5. The third-order valence-corrected chi connectivity index (χ3v) is 6.91. The van der Waals surface area contributed by atoms with Gasteiger partial charge in [-0.1, -0.05) is 18.6 Å². The van der Waals surface area contributed by atoms with E-state index < -0.39 is 10.0 Å². The average Bonchev–Trinajstić information content (AvgIpc) is 2.77. The minimum Gasteiger partial charge on any atom is -0.454 e. The number of piperidine rings is 1. The van der Waals surface area contributed by atoms with Gasteiger partial charge >= 0.3 is 0 Å². The minimum atomic E-state index is -3.65. The number of nitrogens with zero attached hydrogens (tertiary/aromatic N) is 1. The minimum absolute atomic E-state index is 0.0399. The molecule has 136 valence electrons. The largest absolute Gasteiger partial charge is 0.454 e. The maximum Gasteiger partial charge on any atom is 0.259 e. The average molecular weight is 372 g/mol. The van der Waals surface area contributed by atoms with Gasteiger partial charge in [0.05, 0.1) is 16.1 Å². The van der Waals surface area contributed by atoms with Crippen molar-refractivity contribution in [2.75, 3.05) is 11.9 Å². The topological polar surface area (TPSA) is 75.7 Å². The summed E-state index contributed by atoms with van der Waals surface area (Å²) in [6, 6.07) is 11.5. The zero-order chi connectivity index (χ0) is 18.3. The van der Waals surface area contributed by atoms with Crippen molar-refractivity contribution < 1.29 is 17.9 Å². The lowest BCUT2D eigenvalue weighted by atomic mass is 10.1. The van der Waals surface area contributed by atoms with Crippen molar-refractivity contribution in [2.24, 2.45) is 0 Å². The Morgan fingerprint density at radius 3 is 2.73 bits per heavy atom. The molecule has 26 heavy (non-hydrogen) atoms. The molecule has 0 radical (unpaired) electrons. The lowest BCUT2D eigenvalue weighted by molar-refractivity contribution is 0.102. The van der Waals surface area contributed by atoms with Crippen LogP contribution in [0, 0.1) is 0 Å². The summed E-state index contributed by atoms with van der Waals surface area (Å²) in [5.41, 5.74) is 0.773. The molecule has 0 aliphatic carbocycles. The van der Waals surface area contributed by atoms with E-state index in [2.05, 4.69) is 5.32 Å². The highest BCUT2D eigenvalue weighted by Crippen LogP contribution is 2.37. The molecule has 2 aromatic carbocycles. The molecule has 7 heteroatoms. The Morgan fingerprint density at radius 1 is 1.12 bits per heavy atom. The maximum absolute atomic E-state index is 13.0. The van der Waals surface area contributed by atoms with Gasteiger partial charge in [0.15, 0.2) is 5.75 Å². The third kappa shape index (κ3) is 2.87. The number of ether oxygens (including phenoxy) is 1.